The Labute approximate surface area is 103 Å². The van der Waals surface area contributed by atoms with Crippen LogP contribution in [0, 0.1) is 5.41 Å². The van der Waals surface area contributed by atoms with Crippen LogP contribution in [-0.2, 0) is 9.53 Å². The van der Waals surface area contributed by atoms with E-state index in [1.165, 1.54) is 0 Å². The first-order valence-corrected chi connectivity index (χ1v) is 6.39. The third kappa shape index (κ3) is 2.61. The molecule has 2 saturated heterocycles. The second-order valence-electron chi connectivity index (χ2n) is 5.50. The van der Waals surface area contributed by atoms with Crippen LogP contribution in [0.25, 0.3) is 0 Å². The lowest BCUT2D eigenvalue weighted by atomic mass is 9.89. The minimum atomic E-state index is -0.365. The van der Waals surface area contributed by atoms with E-state index in [9.17, 15) is 4.79 Å². The van der Waals surface area contributed by atoms with Crippen molar-refractivity contribution in [1.82, 2.24) is 10.2 Å². The van der Waals surface area contributed by atoms with Gasteiger partial charge in [-0.15, -0.1) is 0 Å². The number of carbonyl (C=O) groups excluding carboxylic acids is 1. The summed E-state index contributed by atoms with van der Waals surface area (Å²) < 4.78 is 5.76. The molecule has 0 aliphatic carbocycles. The van der Waals surface area contributed by atoms with E-state index in [2.05, 4.69) is 17.1 Å². The fraction of sp³-hybridized carbons (Fsp3) is 0.917. The number of carbonyl (C=O) groups is 1. The van der Waals surface area contributed by atoms with Crippen molar-refractivity contribution >= 4 is 5.91 Å². The second kappa shape index (κ2) is 4.92. The molecule has 0 aromatic rings. The number of nitrogens with two attached hydrogens (primary N) is 1. The van der Waals surface area contributed by atoms with Gasteiger partial charge in [0, 0.05) is 25.7 Å². The molecule has 1 amide bonds. The van der Waals surface area contributed by atoms with Gasteiger partial charge in [-0.25, -0.2) is 0 Å². The van der Waals surface area contributed by atoms with Crippen LogP contribution >= 0.6 is 0 Å². The van der Waals surface area contributed by atoms with Gasteiger partial charge in [0.25, 0.3) is 0 Å². The van der Waals surface area contributed by atoms with Gasteiger partial charge in [-0.2, -0.15) is 0 Å². The Balaban J connectivity index is 1.93. The number of amides is 1. The Bertz CT molecular complexity index is 291. The van der Waals surface area contributed by atoms with Crippen molar-refractivity contribution in [2.75, 3.05) is 32.8 Å². The summed E-state index contributed by atoms with van der Waals surface area (Å²) in [5.41, 5.74) is 5.10. The van der Waals surface area contributed by atoms with Gasteiger partial charge < -0.3 is 15.8 Å². The van der Waals surface area contributed by atoms with E-state index in [1.807, 2.05) is 6.92 Å². The van der Waals surface area contributed by atoms with Crippen molar-refractivity contribution in [3.8, 4) is 0 Å². The van der Waals surface area contributed by atoms with E-state index in [0.717, 1.165) is 39.2 Å². The summed E-state index contributed by atoms with van der Waals surface area (Å²) >= 11 is 0. The van der Waals surface area contributed by atoms with Gasteiger partial charge in [-0.1, -0.05) is 0 Å². The average Bonchev–Trinajstić information content (AvgIpc) is 2.74. The van der Waals surface area contributed by atoms with Gasteiger partial charge in [0.05, 0.1) is 18.1 Å². The monoisotopic (exact) mass is 241 g/mol. The highest BCUT2D eigenvalue weighted by Crippen LogP contribution is 2.31. The lowest BCUT2D eigenvalue weighted by Crippen LogP contribution is -2.51. The molecule has 3 unspecified atom stereocenters. The highest BCUT2D eigenvalue weighted by atomic mass is 16.5. The van der Waals surface area contributed by atoms with Crippen molar-refractivity contribution in [2.45, 2.75) is 32.4 Å². The van der Waals surface area contributed by atoms with E-state index in [0.29, 0.717) is 6.04 Å². The molecule has 2 rings (SSSR count). The molecule has 2 aliphatic heterocycles. The number of nitrogens with zero attached hydrogens (tertiary/aromatic N) is 1. The molecule has 0 spiro atoms. The summed E-state index contributed by atoms with van der Waals surface area (Å²) in [6.07, 6.45) is 1.08. The highest BCUT2D eigenvalue weighted by Gasteiger charge is 2.41. The Hall–Kier alpha value is -0.650. The summed E-state index contributed by atoms with van der Waals surface area (Å²) in [4.78, 5) is 13.7. The normalized spacial score (nSPS) is 36.9. The zero-order valence-electron chi connectivity index (χ0n) is 10.7. The standard InChI is InChI=1S/C12H23N3O2/c1-9(10-7-14-4-6-17-10)15-5-3-12(2,8-15)11(13)16/h9-10,14H,3-8H2,1-2H3,(H2,13,16). The van der Waals surface area contributed by atoms with Crippen LogP contribution in [0.15, 0.2) is 0 Å². The lowest BCUT2D eigenvalue weighted by molar-refractivity contribution is -0.126. The lowest BCUT2D eigenvalue weighted by Gasteiger charge is -2.35. The molecule has 0 saturated carbocycles. The van der Waals surface area contributed by atoms with E-state index in [4.69, 9.17) is 10.5 Å². The maximum Gasteiger partial charge on any atom is 0.224 e. The maximum absolute atomic E-state index is 11.4. The minimum absolute atomic E-state index is 0.185. The number of primary amides is 1. The van der Waals surface area contributed by atoms with E-state index < -0.39 is 0 Å². The number of rotatable bonds is 3. The predicted octanol–water partition coefficient (Wildman–Crippen LogP) is -0.439. The largest absolute Gasteiger partial charge is 0.374 e. The summed E-state index contributed by atoms with van der Waals surface area (Å²) in [6.45, 7) is 8.42. The van der Waals surface area contributed by atoms with Crippen LogP contribution in [0.4, 0.5) is 0 Å². The molecule has 0 bridgehead atoms. The molecule has 5 nitrogen and oxygen atoms in total. The van der Waals surface area contributed by atoms with Gasteiger partial charge in [0.15, 0.2) is 0 Å². The van der Waals surface area contributed by atoms with Gasteiger partial charge in [0.1, 0.15) is 0 Å². The van der Waals surface area contributed by atoms with Crippen molar-refractivity contribution < 1.29 is 9.53 Å². The topological polar surface area (TPSA) is 67.6 Å². The molecule has 5 heteroatoms. The molecular weight excluding hydrogens is 218 g/mol. The molecule has 0 aromatic carbocycles. The van der Waals surface area contributed by atoms with Crippen LogP contribution in [-0.4, -0.2) is 55.7 Å². The number of morpholine rings is 1. The molecular formula is C12H23N3O2. The molecule has 98 valence electrons. The number of nitrogens with one attached hydrogen (secondary N) is 1. The van der Waals surface area contributed by atoms with E-state index >= 15 is 0 Å². The zero-order chi connectivity index (χ0) is 12.5. The number of hydrogen-bond donors (Lipinski definition) is 2. The van der Waals surface area contributed by atoms with Crippen molar-refractivity contribution in [3.63, 3.8) is 0 Å². The molecule has 3 N–H and O–H groups in total. The first kappa shape index (κ1) is 12.8. The van der Waals surface area contributed by atoms with Gasteiger partial charge in [-0.3, -0.25) is 9.69 Å². The van der Waals surface area contributed by atoms with Gasteiger partial charge in [-0.05, 0) is 26.8 Å². The molecule has 2 aliphatic rings. The molecule has 3 atom stereocenters. The SMILES string of the molecule is CC(C1CNCCO1)N1CCC(C)(C(N)=O)C1. The maximum atomic E-state index is 11.4. The predicted molar refractivity (Wildman–Crippen MR) is 65.6 cm³/mol. The van der Waals surface area contributed by atoms with E-state index in [-0.39, 0.29) is 17.4 Å². The van der Waals surface area contributed by atoms with Crippen LogP contribution in [0.2, 0.25) is 0 Å². The fourth-order valence-corrected chi connectivity index (χ4v) is 2.68. The van der Waals surface area contributed by atoms with Gasteiger partial charge in [0.2, 0.25) is 5.91 Å². The van der Waals surface area contributed by atoms with Crippen molar-refractivity contribution in [3.05, 3.63) is 0 Å². The average molecular weight is 241 g/mol. The Morgan fingerprint density at radius 3 is 2.94 bits per heavy atom. The summed E-state index contributed by atoms with van der Waals surface area (Å²) in [7, 11) is 0. The number of hydrogen-bond acceptors (Lipinski definition) is 4. The summed E-state index contributed by atoms with van der Waals surface area (Å²) in [5.74, 6) is -0.185. The van der Waals surface area contributed by atoms with Crippen molar-refractivity contribution in [1.29, 1.82) is 0 Å². The van der Waals surface area contributed by atoms with E-state index in [1.54, 1.807) is 0 Å². The number of likely N-dealkylation sites (tertiary alicyclic amines) is 1. The quantitative estimate of drug-likeness (QED) is 0.703. The Morgan fingerprint density at radius 1 is 1.65 bits per heavy atom. The summed E-state index contributed by atoms with van der Waals surface area (Å²) in [5, 5.41) is 3.34. The summed E-state index contributed by atoms with van der Waals surface area (Å²) in [6, 6.07) is 0.337. The first-order valence-electron chi connectivity index (χ1n) is 6.39. The van der Waals surface area contributed by atoms with Crippen LogP contribution < -0.4 is 11.1 Å². The van der Waals surface area contributed by atoms with Gasteiger partial charge >= 0.3 is 0 Å². The van der Waals surface area contributed by atoms with Crippen LogP contribution in [0.3, 0.4) is 0 Å². The van der Waals surface area contributed by atoms with Crippen LogP contribution in [0.1, 0.15) is 20.3 Å². The first-order chi connectivity index (χ1) is 8.03. The number of ether oxygens (including phenoxy) is 1. The molecule has 0 aromatic heterocycles. The minimum Gasteiger partial charge on any atom is -0.374 e. The third-order valence-corrected chi connectivity index (χ3v) is 4.17. The smallest absolute Gasteiger partial charge is 0.224 e. The van der Waals surface area contributed by atoms with Crippen LogP contribution in [0.5, 0.6) is 0 Å². The third-order valence-electron chi connectivity index (χ3n) is 4.17. The van der Waals surface area contributed by atoms with Crippen molar-refractivity contribution in [2.24, 2.45) is 11.1 Å². The Morgan fingerprint density at radius 2 is 2.41 bits per heavy atom. The molecule has 17 heavy (non-hydrogen) atoms. The molecule has 2 heterocycles. The second-order valence-corrected chi connectivity index (χ2v) is 5.50. The molecule has 2 fully saturated rings. The molecule has 0 radical (unpaired) electrons. The Kier molecular flexibility index (Phi) is 3.70. The fourth-order valence-electron chi connectivity index (χ4n) is 2.68. The zero-order valence-corrected chi connectivity index (χ0v) is 10.7. The highest BCUT2D eigenvalue weighted by molar-refractivity contribution is 5.81.